The van der Waals surface area contributed by atoms with E-state index in [-0.39, 0.29) is 16.5 Å². The highest BCUT2D eigenvalue weighted by Crippen LogP contribution is 2.30. The van der Waals surface area contributed by atoms with Crippen molar-refractivity contribution < 1.29 is 18.0 Å². The minimum Gasteiger partial charge on any atom is -0.365 e. The summed E-state index contributed by atoms with van der Waals surface area (Å²) in [7, 11) is 0. The molecule has 21 heavy (non-hydrogen) atoms. The van der Waals surface area contributed by atoms with E-state index in [9.17, 15) is 18.0 Å². The van der Waals surface area contributed by atoms with Gasteiger partial charge in [0.1, 0.15) is 17.5 Å². The van der Waals surface area contributed by atoms with Crippen LogP contribution in [0.1, 0.15) is 24.2 Å². The summed E-state index contributed by atoms with van der Waals surface area (Å²) in [5.74, 6) is 1.02. The van der Waals surface area contributed by atoms with E-state index in [0.29, 0.717) is 0 Å². The van der Waals surface area contributed by atoms with Gasteiger partial charge in [0.25, 0.3) is 5.91 Å². The molecule has 1 rings (SSSR count). The fourth-order valence-corrected chi connectivity index (χ4v) is 1.76. The molecule has 1 heterocycles. The van der Waals surface area contributed by atoms with Crippen LogP contribution < -0.4 is 10.6 Å². The number of nitrogens with two attached hydrogens (primary N) is 1. The lowest BCUT2D eigenvalue weighted by Gasteiger charge is -2.36. The SMILES string of the molecule is C#CC(C)(C)N(CC(F)(F)F)c1nc(Cl)ccc1C(N)=O. The maximum Gasteiger partial charge on any atom is 0.406 e. The van der Waals surface area contributed by atoms with Crippen LogP contribution in [0, 0.1) is 12.3 Å². The number of hydrogen-bond acceptors (Lipinski definition) is 3. The number of halogens is 4. The number of rotatable bonds is 4. The molecule has 114 valence electrons. The number of hydrogen-bond donors (Lipinski definition) is 1. The Labute approximate surface area is 125 Å². The van der Waals surface area contributed by atoms with Gasteiger partial charge in [0.05, 0.1) is 11.1 Å². The highest BCUT2D eigenvalue weighted by Gasteiger charge is 2.39. The lowest BCUT2D eigenvalue weighted by atomic mass is 10.0. The number of aromatic nitrogens is 1. The second kappa shape index (κ2) is 5.82. The molecule has 0 spiro atoms. The molecule has 0 bridgehead atoms. The van der Waals surface area contributed by atoms with E-state index in [2.05, 4.69) is 10.9 Å². The minimum absolute atomic E-state index is 0.0741. The van der Waals surface area contributed by atoms with Crippen molar-refractivity contribution in [2.75, 3.05) is 11.4 Å². The summed E-state index contributed by atoms with van der Waals surface area (Å²) in [5, 5.41) is -0.0741. The predicted molar refractivity (Wildman–Crippen MR) is 74.1 cm³/mol. The first-order valence-corrected chi connectivity index (χ1v) is 6.14. The molecule has 0 saturated heterocycles. The van der Waals surface area contributed by atoms with Crippen molar-refractivity contribution in [1.29, 1.82) is 0 Å². The van der Waals surface area contributed by atoms with Crippen LogP contribution in [0.4, 0.5) is 19.0 Å². The van der Waals surface area contributed by atoms with Crippen molar-refractivity contribution in [1.82, 2.24) is 4.98 Å². The maximum atomic E-state index is 12.8. The second-order valence-electron chi connectivity index (χ2n) is 4.77. The summed E-state index contributed by atoms with van der Waals surface area (Å²) < 4.78 is 38.4. The van der Waals surface area contributed by atoms with Crippen molar-refractivity contribution in [3.63, 3.8) is 0 Å². The zero-order valence-electron chi connectivity index (χ0n) is 11.3. The molecule has 0 saturated carbocycles. The standard InChI is InChI=1S/C13H13ClF3N3O/c1-4-12(2,3)20(7-13(15,16)17)11-8(10(18)21)5-6-9(14)19-11/h1,5-6H,7H2,2-3H3,(H2,18,21). The van der Waals surface area contributed by atoms with Crippen molar-refractivity contribution in [2.45, 2.75) is 25.6 Å². The molecule has 1 amide bonds. The highest BCUT2D eigenvalue weighted by molar-refractivity contribution is 6.29. The van der Waals surface area contributed by atoms with E-state index >= 15 is 0 Å². The van der Waals surface area contributed by atoms with E-state index in [4.69, 9.17) is 23.8 Å². The summed E-state index contributed by atoms with van der Waals surface area (Å²) in [6, 6.07) is 2.47. The third-order valence-electron chi connectivity index (χ3n) is 2.73. The van der Waals surface area contributed by atoms with Gasteiger partial charge in [0, 0.05) is 0 Å². The predicted octanol–water partition coefficient (Wildman–Crippen LogP) is 2.61. The van der Waals surface area contributed by atoms with E-state index < -0.39 is 24.2 Å². The topological polar surface area (TPSA) is 59.2 Å². The number of anilines is 1. The van der Waals surface area contributed by atoms with Crippen LogP contribution in [0.2, 0.25) is 5.15 Å². The van der Waals surface area contributed by atoms with Crippen molar-refractivity contribution in [3.8, 4) is 12.3 Å². The number of primary amides is 1. The van der Waals surface area contributed by atoms with Gasteiger partial charge in [-0.05, 0) is 26.0 Å². The average Bonchev–Trinajstić information content (AvgIpc) is 2.34. The van der Waals surface area contributed by atoms with Crippen LogP contribution in [0.15, 0.2) is 12.1 Å². The molecule has 0 atom stereocenters. The van der Waals surface area contributed by atoms with Crippen molar-refractivity contribution >= 4 is 23.3 Å². The zero-order chi connectivity index (χ0) is 16.4. The van der Waals surface area contributed by atoms with Crippen LogP contribution in [0.3, 0.4) is 0 Å². The number of alkyl halides is 3. The molecule has 0 radical (unpaired) electrons. The smallest absolute Gasteiger partial charge is 0.365 e. The average molecular weight is 320 g/mol. The van der Waals surface area contributed by atoms with Gasteiger partial charge in [-0.2, -0.15) is 13.2 Å². The van der Waals surface area contributed by atoms with Crippen LogP contribution >= 0.6 is 11.6 Å². The molecule has 1 aromatic rings. The Morgan fingerprint density at radius 3 is 2.48 bits per heavy atom. The molecule has 0 aliphatic heterocycles. The van der Waals surface area contributed by atoms with Gasteiger partial charge in [0.15, 0.2) is 0 Å². The molecule has 0 unspecified atom stereocenters. The summed E-state index contributed by atoms with van der Waals surface area (Å²) in [6.45, 7) is 1.40. The van der Waals surface area contributed by atoms with Crippen LogP contribution in [0.25, 0.3) is 0 Å². The van der Waals surface area contributed by atoms with Gasteiger partial charge < -0.3 is 10.6 Å². The zero-order valence-corrected chi connectivity index (χ0v) is 12.1. The van der Waals surface area contributed by atoms with E-state index in [1.165, 1.54) is 26.0 Å². The van der Waals surface area contributed by atoms with E-state index in [1.54, 1.807) is 0 Å². The van der Waals surface area contributed by atoms with Gasteiger partial charge >= 0.3 is 6.18 Å². The summed E-state index contributed by atoms with van der Waals surface area (Å²) in [5.41, 5.74) is 3.63. The number of carbonyl (C=O) groups is 1. The second-order valence-corrected chi connectivity index (χ2v) is 5.16. The van der Waals surface area contributed by atoms with Crippen molar-refractivity contribution in [3.05, 3.63) is 22.8 Å². The van der Waals surface area contributed by atoms with Gasteiger partial charge in [-0.15, -0.1) is 6.42 Å². The number of amides is 1. The quantitative estimate of drug-likeness (QED) is 0.685. The van der Waals surface area contributed by atoms with Crippen LogP contribution in [0.5, 0.6) is 0 Å². The van der Waals surface area contributed by atoms with Crippen LogP contribution in [-0.4, -0.2) is 29.2 Å². The Kier molecular flexibility index (Phi) is 4.74. The molecule has 2 N–H and O–H groups in total. The summed E-state index contributed by atoms with van der Waals surface area (Å²) in [6.07, 6.45) is 0.743. The van der Waals surface area contributed by atoms with Gasteiger partial charge in [0.2, 0.25) is 0 Å². The number of nitrogens with zero attached hydrogens (tertiary/aromatic N) is 2. The number of pyridine rings is 1. The molecule has 0 aliphatic rings. The summed E-state index contributed by atoms with van der Waals surface area (Å²) in [4.78, 5) is 16.0. The molecule has 8 heteroatoms. The highest BCUT2D eigenvalue weighted by atomic mass is 35.5. The monoisotopic (exact) mass is 319 g/mol. The maximum absolute atomic E-state index is 12.8. The third kappa shape index (κ3) is 4.26. The van der Waals surface area contributed by atoms with Crippen molar-refractivity contribution in [2.24, 2.45) is 5.73 Å². The first-order valence-electron chi connectivity index (χ1n) is 5.76. The normalized spacial score (nSPS) is 11.9. The number of carbonyl (C=O) groups excluding carboxylic acids is 1. The fraction of sp³-hybridized carbons (Fsp3) is 0.385. The first-order chi connectivity index (χ1) is 9.48. The summed E-state index contributed by atoms with van der Waals surface area (Å²) >= 11 is 5.71. The Hall–Kier alpha value is -1.94. The Morgan fingerprint density at radius 2 is 2.05 bits per heavy atom. The minimum atomic E-state index is -4.55. The first kappa shape index (κ1) is 17.1. The molecular formula is C13H13ClF3N3O. The van der Waals surface area contributed by atoms with E-state index in [0.717, 1.165) is 4.90 Å². The van der Waals surface area contributed by atoms with Gasteiger partial charge in [-0.3, -0.25) is 4.79 Å². The largest absolute Gasteiger partial charge is 0.406 e. The Bertz CT molecular complexity index is 593. The van der Waals surface area contributed by atoms with Gasteiger partial charge in [-0.1, -0.05) is 17.5 Å². The lowest BCUT2D eigenvalue weighted by molar-refractivity contribution is -0.121. The third-order valence-corrected chi connectivity index (χ3v) is 2.94. The molecule has 0 aromatic carbocycles. The number of terminal acetylenes is 1. The molecule has 0 aliphatic carbocycles. The lowest BCUT2D eigenvalue weighted by Crippen LogP contribution is -2.49. The van der Waals surface area contributed by atoms with Gasteiger partial charge in [-0.25, -0.2) is 4.98 Å². The van der Waals surface area contributed by atoms with E-state index in [1.807, 2.05) is 0 Å². The Morgan fingerprint density at radius 1 is 1.48 bits per heavy atom. The van der Waals surface area contributed by atoms with Crippen LogP contribution in [-0.2, 0) is 0 Å². The molecule has 4 nitrogen and oxygen atoms in total. The molecule has 0 fully saturated rings. The molecule has 1 aromatic heterocycles. The Balaban J connectivity index is 3.50. The molecular weight excluding hydrogens is 307 g/mol. The fourth-order valence-electron chi connectivity index (χ4n) is 1.62.